The van der Waals surface area contributed by atoms with Crippen LogP contribution in [0.1, 0.15) is 52.9 Å². The molecule has 1 amide bonds. The van der Waals surface area contributed by atoms with E-state index in [1.54, 1.807) is 0 Å². The molecule has 0 aliphatic heterocycles. The molecule has 0 spiro atoms. The van der Waals surface area contributed by atoms with Gasteiger partial charge in [-0.1, -0.05) is 18.2 Å². The minimum absolute atomic E-state index is 0.119. The average molecular weight is 363 g/mol. The Bertz CT molecular complexity index is 1020. The highest BCUT2D eigenvalue weighted by Gasteiger charge is 2.19. The molecule has 2 heterocycles. The number of aryl methyl sites for hydroxylation is 2. The van der Waals surface area contributed by atoms with Crippen LogP contribution in [0.3, 0.4) is 0 Å². The monoisotopic (exact) mass is 363 g/mol. The van der Waals surface area contributed by atoms with Crippen molar-refractivity contribution in [2.24, 2.45) is 0 Å². The number of hydrogen-bond donors (Lipinski definition) is 3. The van der Waals surface area contributed by atoms with Crippen LogP contribution in [0.4, 0.5) is 0 Å². The highest BCUT2D eigenvalue weighted by Crippen LogP contribution is 2.22. The molecule has 0 fully saturated rings. The number of pyridine rings is 1. The van der Waals surface area contributed by atoms with E-state index in [0.29, 0.717) is 12.1 Å². The van der Waals surface area contributed by atoms with Gasteiger partial charge in [0, 0.05) is 41.0 Å². The lowest BCUT2D eigenvalue weighted by molar-refractivity contribution is 0.0951. The van der Waals surface area contributed by atoms with Crippen LogP contribution in [-0.4, -0.2) is 22.4 Å². The standard InChI is InChI=1S/C22H25N3O2/c26-21-13-18(17-9-2-4-11-20(17)25-21)22(27)23-12-6-5-7-15-14-24-19-10-3-1-8-16(15)19/h1,3,8,10,13-14,24H,2,4-7,9,11-12H2,(H,23,27)(H,25,26). The number of rotatable bonds is 6. The zero-order valence-electron chi connectivity index (χ0n) is 15.4. The summed E-state index contributed by atoms with van der Waals surface area (Å²) >= 11 is 0. The second-order valence-electron chi connectivity index (χ2n) is 7.28. The van der Waals surface area contributed by atoms with Crippen molar-refractivity contribution in [2.45, 2.75) is 44.9 Å². The third kappa shape index (κ3) is 3.82. The van der Waals surface area contributed by atoms with Gasteiger partial charge in [0.2, 0.25) is 5.56 Å². The van der Waals surface area contributed by atoms with E-state index >= 15 is 0 Å². The van der Waals surface area contributed by atoms with E-state index in [9.17, 15) is 9.59 Å². The Kier molecular flexibility index (Phi) is 5.10. The second kappa shape index (κ2) is 7.82. The van der Waals surface area contributed by atoms with Gasteiger partial charge < -0.3 is 15.3 Å². The smallest absolute Gasteiger partial charge is 0.251 e. The van der Waals surface area contributed by atoms with Crippen LogP contribution < -0.4 is 10.9 Å². The van der Waals surface area contributed by atoms with E-state index in [-0.39, 0.29) is 11.5 Å². The Labute approximate surface area is 158 Å². The fraction of sp³-hybridized carbons (Fsp3) is 0.364. The summed E-state index contributed by atoms with van der Waals surface area (Å²) in [4.78, 5) is 30.6. The van der Waals surface area contributed by atoms with E-state index in [4.69, 9.17) is 0 Å². The maximum atomic E-state index is 12.6. The molecule has 3 aromatic rings. The molecule has 5 heteroatoms. The van der Waals surface area contributed by atoms with Gasteiger partial charge in [-0.3, -0.25) is 9.59 Å². The van der Waals surface area contributed by atoms with Crippen molar-refractivity contribution in [1.29, 1.82) is 0 Å². The van der Waals surface area contributed by atoms with Gasteiger partial charge in [-0.2, -0.15) is 0 Å². The molecule has 1 aromatic carbocycles. The molecule has 1 aliphatic carbocycles. The van der Waals surface area contributed by atoms with E-state index < -0.39 is 0 Å². The fourth-order valence-corrected chi connectivity index (χ4v) is 4.02. The maximum absolute atomic E-state index is 12.6. The Morgan fingerprint density at radius 1 is 1.11 bits per heavy atom. The summed E-state index contributed by atoms with van der Waals surface area (Å²) in [6.45, 7) is 0.628. The van der Waals surface area contributed by atoms with Crippen LogP contribution in [0, 0.1) is 0 Å². The van der Waals surface area contributed by atoms with Crippen molar-refractivity contribution in [3.63, 3.8) is 0 Å². The first-order valence-electron chi connectivity index (χ1n) is 9.80. The van der Waals surface area contributed by atoms with Crippen molar-refractivity contribution in [1.82, 2.24) is 15.3 Å². The first kappa shape index (κ1) is 17.6. The SMILES string of the molecule is O=C(NCCCCc1c[nH]c2ccccc12)c1cc(=O)[nH]c2c1CCCC2. The largest absolute Gasteiger partial charge is 0.361 e. The van der Waals surface area contributed by atoms with Gasteiger partial charge in [-0.05, 0) is 62.1 Å². The second-order valence-corrected chi connectivity index (χ2v) is 7.28. The van der Waals surface area contributed by atoms with Crippen LogP contribution >= 0.6 is 0 Å². The third-order valence-electron chi connectivity index (χ3n) is 5.42. The summed E-state index contributed by atoms with van der Waals surface area (Å²) in [5, 5.41) is 4.27. The van der Waals surface area contributed by atoms with E-state index in [1.807, 2.05) is 6.07 Å². The summed E-state index contributed by atoms with van der Waals surface area (Å²) in [5.74, 6) is -0.119. The van der Waals surface area contributed by atoms with Crippen LogP contribution in [0.15, 0.2) is 41.3 Å². The number of fused-ring (bicyclic) bond motifs is 2. The number of hydrogen-bond acceptors (Lipinski definition) is 2. The highest BCUT2D eigenvalue weighted by molar-refractivity contribution is 5.95. The average Bonchev–Trinajstić information content (AvgIpc) is 3.10. The Morgan fingerprint density at radius 2 is 1.96 bits per heavy atom. The number of H-pyrrole nitrogens is 2. The summed E-state index contributed by atoms with van der Waals surface area (Å²) in [6.07, 6.45) is 8.86. The number of aromatic nitrogens is 2. The van der Waals surface area contributed by atoms with Crippen LogP contribution in [-0.2, 0) is 19.3 Å². The number of nitrogens with one attached hydrogen (secondary N) is 3. The molecule has 0 radical (unpaired) electrons. The molecule has 5 nitrogen and oxygen atoms in total. The van der Waals surface area contributed by atoms with Crippen LogP contribution in [0.25, 0.3) is 10.9 Å². The molecule has 27 heavy (non-hydrogen) atoms. The number of carbonyl (C=O) groups excluding carboxylic acids is 1. The molecular formula is C22H25N3O2. The van der Waals surface area contributed by atoms with Crippen molar-refractivity contribution in [2.75, 3.05) is 6.54 Å². The van der Waals surface area contributed by atoms with Gasteiger partial charge in [0.05, 0.1) is 0 Å². The highest BCUT2D eigenvalue weighted by atomic mass is 16.2. The normalized spacial score (nSPS) is 13.5. The Morgan fingerprint density at radius 3 is 2.89 bits per heavy atom. The predicted molar refractivity (Wildman–Crippen MR) is 107 cm³/mol. The molecule has 0 bridgehead atoms. The molecule has 0 saturated heterocycles. The van der Waals surface area contributed by atoms with Crippen LogP contribution in [0.5, 0.6) is 0 Å². The number of aromatic amines is 2. The van der Waals surface area contributed by atoms with Gasteiger partial charge >= 0.3 is 0 Å². The molecule has 0 atom stereocenters. The fourth-order valence-electron chi connectivity index (χ4n) is 4.02. The third-order valence-corrected chi connectivity index (χ3v) is 5.42. The molecule has 3 N–H and O–H groups in total. The van der Waals surface area contributed by atoms with Crippen molar-refractivity contribution < 1.29 is 4.79 Å². The van der Waals surface area contributed by atoms with Crippen molar-refractivity contribution in [3.8, 4) is 0 Å². The molecule has 2 aromatic heterocycles. The lowest BCUT2D eigenvalue weighted by Crippen LogP contribution is -2.29. The minimum atomic E-state index is -0.180. The maximum Gasteiger partial charge on any atom is 0.251 e. The van der Waals surface area contributed by atoms with Crippen LogP contribution in [0.2, 0.25) is 0 Å². The molecular weight excluding hydrogens is 338 g/mol. The quantitative estimate of drug-likeness (QED) is 0.586. The molecule has 0 saturated carbocycles. The van der Waals surface area contributed by atoms with Gasteiger partial charge in [-0.15, -0.1) is 0 Å². The summed E-state index contributed by atoms with van der Waals surface area (Å²) < 4.78 is 0. The zero-order chi connectivity index (χ0) is 18.6. The number of benzene rings is 1. The number of para-hydroxylation sites is 1. The summed E-state index contributed by atoms with van der Waals surface area (Å²) in [5.41, 5.74) is 4.83. The number of amides is 1. The topological polar surface area (TPSA) is 77.8 Å². The summed E-state index contributed by atoms with van der Waals surface area (Å²) in [7, 11) is 0. The lowest BCUT2D eigenvalue weighted by Gasteiger charge is -2.18. The van der Waals surface area contributed by atoms with Gasteiger partial charge in [-0.25, -0.2) is 0 Å². The molecule has 140 valence electrons. The molecule has 4 rings (SSSR count). The van der Waals surface area contributed by atoms with E-state index in [1.165, 1.54) is 22.5 Å². The minimum Gasteiger partial charge on any atom is -0.361 e. The van der Waals surface area contributed by atoms with Crippen molar-refractivity contribution in [3.05, 3.63) is 69.3 Å². The predicted octanol–water partition coefficient (Wildman–Crippen LogP) is 3.49. The molecule has 1 aliphatic rings. The van der Waals surface area contributed by atoms with Gasteiger partial charge in [0.25, 0.3) is 5.91 Å². The van der Waals surface area contributed by atoms with Gasteiger partial charge in [0.15, 0.2) is 0 Å². The van der Waals surface area contributed by atoms with E-state index in [0.717, 1.165) is 56.2 Å². The summed E-state index contributed by atoms with van der Waals surface area (Å²) in [6, 6.07) is 9.76. The van der Waals surface area contributed by atoms with E-state index in [2.05, 4.69) is 39.7 Å². The molecule has 0 unspecified atom stereocenters. The Balaban J connectivity index is 1.31. The zero-order valence-corrected chi connectivity index (χ0v) is 15.4. The number of carbonyl (C=O) groups is 1. The first-order valence-corrected chi connectivity index (χ1v) is 9.80. The lowest BCUT2D eigenvalue weighted by atomic mass is 9.92. The first-order chi connectivity index (χ1) is 13.2. The Hall–Kier alpha value is -2.82. The number of unbranched alkanes of at least 4 members (excludes halogenated alkanes) is 1. The van der Waals surface area contributed by atoms with Crippen molar-refractivity contribution >= 4 is 16.8 Å². The van der Waals surface area contributed by atoms with Gasteiger partial charge in [0.1, 0.15) is 0 Å².